The molecule has 1 amide bonds. The number of alkyl halides is 3. The van der Waals surface area contributed by atoms with Crippen molar-refractivity contribution in [2.45, 2.75) is 17.5 Å². The van der Waals surface area contributed by atoms with Crippen LogP contribution < -0.4 is 10.0 Å². The molecule has 0 aliphatic heterocycles. The van der Waals surface area contributed by atoms with Crippen LogP contribution in [0.25, 0.3) is 11.1 Å². The Balaban J connectivity index is 1.39. The highest BCUT2D eigenvalue weighted by Gasteiger charge is 2.30. The fraction of sp³-hybridized carbons (Fsp3) is 0.107. The number of amides is 1. The van der Waals surface area contributed by atoms with Crippen LogP contribution in [0.3, 0.4) is 0 Å². The van der Waals surface area contributed by atoms with Gasteiger partial charge in [-0.25, -0.2) is 13.1 Å². The number of carbonyl (C=O) groups is 1. The van der Waals surface area contributed by atoms with Crippen LogP contribution in [0.15, 0.2) is 108 Å². The molecule has 0 bridgehead atoms. The van der Waals surface area contributed by atoms with E-state index in [0.717, 1.165) is 17.7 Å². The first kappa shape index (κ1) is 26.1. The number of nitrogens with one attached hydrogen (secondary N) is 2. The molecule has 0 unspecified atom stereocenters. The van der Waals surface area contributed by atoms with Gasteiger partial charge >= 0.3 is 6.18 Å². The van der Waals surface area contributed by atoms with Crippen LogP contribution in [-0.2, 0) is 22.6 Å². The van der Waals surface area contributed by atoms with E-state index in [1.165, 1.54) is 24.3 Å². The van der Waals surface area contributed by atoms with Crippen LogP contribution in [0, 0.1) is 0 Å². The van der Waals surface area contributed by atoms with Crippen LogP contribution in [0.1, 0.15) is 21.5 Å². The molecule has 0 saturated carbocycles. The van der Waals surface area contributed by atoms with Gasteiger partial charge in [0.25, 0.3) is 5.91 Å². The van der Waals surface area contributed by atoms with E-state index in [4.69, 9.17) is 0 Å². The lowest BCUT2D eigenvalue weighted by Crippen LogP contribution is -2.25. The fourth-order valence-corrected chi connectivity index (χ4v) is 4.79. The van der Waals surface area contributed by atoms with Crippen molar-refractivity contribution in [1.29, 1.82) is 0 Å². The molecule has 0 fully saturated rings. The summed E-state index contributed by atoms with van der Waals surface area (Å²) in [4.78, 5) is 13.2. The Morgan fingerprint density at radius 1 is 0.757 bits per heavy atom. The molecule has 0 atom stereocenters. The second-order valence-corrected chi connectivity index (χ2v) is 10.00. The molecule has 0 radical (unpaired) electrons. The summed E-state index contributed by atoms with van der Waals surface area (Å²) >= 11 is 0. The van der Waals surface area contributed by atoms with Gasteiger partial charge in [-0.05, 0) is 65.6 Å². The van der Waals surface area contributed by atoms with Gasteiger partial charge in [0.1, 0.15) is 0 Å². The topological polar surface area (TPSA) is 75.3 Å². The molecule has 0 aliphatic carbocycles. The van der Waals surface area contributed by atoms with Crippen molar-refractivity contribution in [1.82, 2.24) is 4.72 Å². The Bertz CT molecular complexity index is 1470. The second kappa shape index (κ2) is 11.0. The monoisotopic (exact) mass is 524 g/mol. The predicted molar refractivity (Wildman–Crippen MR) is 137 cm³/mol. The third kappa shape index (κ3) is 6.63. The number of hydrogen-bond donors (Lipinski definition) is 2. The molecule has 4 rings (SSSR count). The molecule has 2 N–H and O–H groups in total. The van der Waals surface area contributed by atoms with Gasteiger partial charge < -0.3 is 5.32 Å². The molecular formula is C28H23F3N2O3S. The lowest BCUT2D eigenvalue weighted by molar-refractivity contribution is -0.137. The Morgan fingerprint density at radius 2 is 1.38 bits per heavy atom. The van der Waals surface area contributed by atoms with Crippen molar-refractivity contribution in [3.63, 3.8) is 0 Å². The number of carbonyl (C=O) groups excluding carboxylic acids is 1. The highest BCUT2D eigenvalue weighted by molar-refractivity contribution is 7.89. The van der Waals surface area contributed by atoms with Crippen molar-refractivity contribution in [2.75, 3.05) is 11.9 Å². The van der Waals surface area contributed by atoms with Gasteiger partial charge in [0, 0.05) is 17.8 Å². The first-order valence-electron chi connectivity index (χ1n) is 11.4. The average Bonchev–Trinajstić information content (AvgIpc) is 2.90. The molecule has 37 heavy (non-hydrogen) atoms. The van der Waals surface area contributed by atoms with Crippen LogP contribution in [-0.4, -0.2) is 20.9 Å². The maximum atomic E-state index is 13.0. The maximum Gasteiger partial charge on any atom is 0.416 e. The summed E-state index contributed by atoms with van der Waals surface area (Å²) in [6.45, 7) is 0.212. The minimum atomic E-state index is -4.44. The van der Waals surface area contributed by atoms with Gasteiger partial charge in [-0.3, -0.25) is 4.79 Å². The zero-order valence-corrected chi connectivity index (χ0v) is 20.3. The molecule has 5 nitrogen and oxygen atoms in total. The molecule has 0 saturated heterocycles. The molecule has 0 spiro atoms. The first-order valence-corrected chi connectivity index (χ1v) is 12.8. The summed E-state index contributed by atoms with van der Waals surface area (Å²) < 4.78 is 65.9. The smallest absolute Gasteiger partial charge is 0.322 e. The minimum Gasteiger partial charge on any atom is -0.322 e. The average molecular weight is 525 g/mol. The van der Waals surface area contributed by atoms with Crippen LogP contribution in [0.5, 0.6) is 0 Å². The van der Waals surface area contributed by atoms with Crippen LogP contribution in [0.4, 0.5) is 18.9 Å². The number of halogens is 3. The lowest BCUT2D eigenvalue weighted by Gasteiger charge is -2.12. The van der Waals surface area contributed by atoms with Gasteiger partial charge in [-0.1, -0.05) is 60.7 Å². The molecular weight excluding hydrogens is 501 g/mol. The summed E-state index contributed by atoms with van der Waals surface area (Å²) in [5.74, 6) is -0.404. The van der Waals surface area contributed by atoms with Crippen molar-refractivity contribution >= 4 is 21.6 Å². The first-order chi connectivity index (χ1) is 17.6. The normalized spacial score (nSPS) is 11.8. The van der Waals surface area contributed by atoms with E-state index in [2.05, 4.69) is 10.0 Å². The van der Waals surface area contributed by atoms with Crippen molar-refractivity contribution in [3.05, 3.63) is 120 Å². The summed E-state index contributed by atoms with van der Waals surface area (Å²) in [6, 6.07) is 26.4. The van der Waals surface area contributed by atoms with E-state index in [9.17, 15) is 26.4 Å². The zero-order valence-electron chi connectivity index (χ0n) is 19.5. The van der Waals surface area contributed by atoms with Crippen molar-refractivity contribution < 1.29 is 26.4 Å². The quantitative estimate of drug-likeness (QED) is 0.291. The molecule has 9 heteroatoms. The molecule has 4 aromatic carbocycles. The minimum absolute atomic E-state index is 0.199. The van der Waals surface area contributed by atoms with Crippen LogP contribution in [0.2, 0.25) is 0 Å². The standard InChI is InChI=1S/C28H23F3N2O3S/c29-28(30,31)22-14-12-21(13-15-22)25-8-4-5-9-26(25)27(34)33-23-16-10-20(11-17-23)18-19-32-37(35,36)24-6-2-1-3-7-24/h1-17,32H,18-19H2,(H,33,34). The third-order valence-corrected chi connectivity index (χ3v) is 7.14. The van der Waals surface area contributed by atoms with E-state index in [0.29, 0.717) is 28.8 Å². The second-order valence-electron chi connectivity index (χ2n) is 8.23. The van der Waals surface area contributed by atoms with Crippen LogP contribution >= 0.6 is 0 Å². The van der Waals surface area contributed by atoms with Gasteiger partial charge in [0.15, 0.2) is 0 Å². The van der Waals surface area contributed by atoms with Gasteiger partial charge in [-0.2, -0.15) is 13.2 Å². The highest BCUT2D eigenvalue weighted by atomic mass is 32.2. The molecule has 0 heterocycles. The summed E-state index contributed by atoms with van der Waals surface area (Å²) in [6.07, 6.45) is -3.98. The summed E-state index contributed by atoms with van der Waals surface area (Å²) in [7, 11) is -3.58. The van der Waals surface area contributed by atoms with Gasteiger partial charge in [0.05, 0.1) is 10.5 Å². The Morgan fingerprint density at radius 3 is 2.03 bits per heavy atom. The Hall–Kier alpha value is -3.95. The SMILES string of the molecule is O=C(Nc1ccc(CCNS(=O)(=O)c2ccccc2)cc1)c1ccccc1-c1ccc(C(F)(F)F)cc1. The third-order valence-electron chi connectivity index (χ3n) is 5.67. The number of rotatable bonds is 8. The number of hydrogen-bond acceptors (Lipinski definition) is 3. The largest absolute Gasteiger partial charge is 0.416 e. The van der Waals surface area contributed by atoms with Crippen molar-refractivity contribution in [3.8, 4) is 11.1 Å². The lowest BCUT2D eigenvalue weighted by atomic mass is 9.98. The van der Waals surface area contributed by atoms with Gasteiger partial charge in [0.2, 0.25) is 10.0 Å². The number of benzene rings is 4. The molecule has 4 aromatic rings. The van der Waals surface area contributed by atoms with Gasteiger partial charge in [-0.15, -0.1) is 0 Å². The summed E-state index contributed by atoms with van der Waals surface area (Å²) in [5.41, 5.74) is 1.97. The van der Waals surface area contributed by atoms with Crippen molar-refractivity contribution in [2.24, 2.45) is 0 Å². The zero-order chi connectivity index (χ0) is 26.5. The molecule has 0 aromatic heterocycles. The van der Waals surface area contributed by atoms with E-state index in [-0.39, 0.29) is 11.4 Å². The number of anilines is 1. The maximum absolute atomic E-state index is 13.0. The van der Waals surface area contributed by atoms with E-state index < -0.39 is 27.7 Å². The predicted octanol–water partition coefficient (Wildman–Crippen LogP) is 6.15. The fourth-order valence-electron chi connectivity index (χ4n) is 3.74. The Labute approximate surface area is 213 Å². The van der Waals surface area contributed by atoms with E-state index >= 15 is 0 Å². The van der Waals surface area contributed by atoms with E-state index in [1.54, 1.807) is 66.7 Å². The molecule has 190 valence electrons. The highest BCUT2D eigenvalue weighted by Crippen LogP contribution is 2.32. The molecule has 0 aliphatic rings. The summed E-state index contributed by atoms with van der Waals surface area (Å²) in [5, 5.41) is 2.80. The van der Waals surface area contributed by atoms with E-state index in [1.807, 2.05) is 0 Å². The number of sulfonamides is 1. The Kier molecular flexibility index (Phi) is 7.75.